The fourth-order valence-corrected chi connectivity index (χ4v) is 6.61. The Morgan fingerprint density at radius 2 is 0.886 bits per heavy atom. The molecule has 0 atom stereocenters. The maximum Gasteiger partial charge on any atom is 0.0648 e. The molecule has 0 saturated heterocycles. The Morgan fingerprint density at radius 3 is 1.40 bits per heavy atom. The highest BCUT2D eigenvalue weighted by atomic mass is 32.1. The van der Waals surface area contributed by atoms with E-state index in [1.807, 2.05) is 11.3 Å². The van der Waals surface area contributed by atoms with Gasteiger partial charge in [-0.1, -0.05) is 72.8 Å². The Hall–Kier alpha value is -4.34. The van der Waals surface area contributed by atoms with Crippen LogP contribution in [0.4, 0.5) is 0 Å². The molecule has 3 heterocycles. The van der Waals surface area contributed by atoms with Gasteiger partial charge in [0.25, 0.3) is 0 Å². The molecule has 0 unspecified atom stereocenters. The van der Waals surface area contributed by atoms with Crippen LogP contribution in [0.3, 0.4) is 0 Å². The van der Waals surface area contributed by atoms with Crippen molar-refractivity contribution in [3.05, 3.63) is 121 Å². The number of fused-ring (bicyclic) bond motifs is 7. The third-order valence-corrected chi connectivity index (χ3v) is 8.15. The molecule has 8 rings (SSSR count). The van der Waals surface area contributed by atoms with Crippen LogP contribution in [0, 0.1) is 0 Å². The Morgan fingerprint density at radius 1 is 0.429 bits per heavy atom. The highest BCUT2D eigenvalue weighted by molar-refractivity contribution is 7.17. The smallest absolute Gasteiger partial charge is 0.0648 e. The normalized spacial score (nSPS) is 12.0. The molecule has 3 heteroatoms. The quantitative estimate of drug-likeness (QED) is 0.241. The maximum absolute atomic E-state index is 2.43. The van der Waals surface area contributed by atoms with Crippen LogP contribution in [-0.2, 0) is 0 Å². The van der Waals surface area contributed by atoms with Gasteiger partial charge in [0.15, 0.2) is 0 Å². The van der Waals surface area contributed by atoms with Gasteiger partial charge in [0, 0.05) is 42.7 Å². The van der Waals surface area contributed by atoms with Crippen molar-refractivity contribution in [2.75, 3.05) is 0 Å². The van der Waals surface area contributed by atoms with E-state index < -0.39 is 0 Å². The van der Waals surface area contributed by atoms with Crippen LogP contribution in [0.15, 0.2) is 121 Å². The van der Waals surface area contributed by atoms with Gasteiger partial charge in [-0.05, 0) is 42.5 Å². The van der Waals surface area contributed by atoms with E-state index in [0.717, 1.165) is 0 Å². The van der Waals surface area contributed by atoms with Gasteiger partial charge >= 0.3 is 0 Å². The molecule has 164 valence electrons. The molecule has 0 amide bonds. The number of hydrogen-bond acceptors (Lipinski definition) is 1. The number of nitrogens with zero attached hydrogens (tertiary/aromatic N) is 2. The topological polar surface area (TPSA) is 9.86 Å². The zero-order valence-electron chi connectivity index (χ0n) is 18.8. The molecule has 8 aromatic rings. The van der Waals surface area contributed by atoms with Crippen LogP contribution in [0.2, 0.25) is 0 Å². The van der Waals surface area contributed by atoms with Gasteiger partial charge in [-0.3, -0.25) is 0 Å². The largest absolute Gasteiger partial charge is 0.309 e. The standard InChI is InChI=1S/C32H20N2S/c1-5-13-27-22(9-1)23-10-2-6-14-28(23)33(27)21-17-18-32-26(19-21)31(20-35-32)34-29-15-7-3-11-24(29)25-12-4-8-16-30(25)34/h1-20H. The SMILES string of the molecule is c1ccc2c(c1)c1ccccc1n2-c1ccc2scc(-n3c4ccccc4c4ccccc43)c2c1. The zero-order valence-corrected chi connectivity index (χ0v) is 19.7. The first-order chi connectivity index (χ1) is 17.4. The van der Waals surface area contributed by atoms with Crippen molar-refractivity contribution in [1.29, 1.82) is 0 Å². The molecule has 5 aromatic carbocycles. The second-order valence-corrected chi connectivity index (χ2v) is 9.95. The van der Waals surface area contributed by atoms with Crippen molar-refractivity contribution in [3.63, 3.8) is 0 Å². The fourth-order valence-electron chi connectivity index (χ4n) is 5.70. The molecule has 2 nitrogen and oxygen atoms in total. The summed E-state index contributed by atoms with van der Waals surface area (Å²) in [6, 6.07) is 41.8. The summed E-state index contributed by atoms with van der Waals surface area (Å²) in [6.45, 7) is 0. The summed E-state index contributed by atoms with van der Waals surface area (Å²) in [5.74, 6) is 0. The van der Waals surface area contributed by atoms with Crippen LogP contribution in [0.25, 0.3) is 65.1 Å². The average Bonchev–Trinajstić information content (AvgIpc) is 3.58. The van der Waals surface area contributed by atoms with Crippen molar-refractivity contribution in [2.45, 2.75) is 0 Å². The van der Waals surface area contributed by atoms with Gasteiger partial charge < -0.3 is 9.13 Å². The molecule has 0 aliphatic carbocycles. The van der Waals surface area contributed by atoms with E-state index in [4.69, 9.17) is 0 Å². The van der Waals surface area contributed by atoms with E-state index in [-0.39, 0.29) is 0 Å². The summed E-state index contributed by atoms with van der Waals surface area (Å²) < 4.78 is 6.13. The van der Waals surface area contributed by atoms with Crippen LogP contribution in [0.1, 0.15) is 0 Å². The third-order valence-electron chi connectivity index (χ3n) is 7.20. The third kappa shape index (κ3) is 2.59. The average molecular weight is 465 g/mol. The van der Waals surface area contributed by atoms with Crippen LogP contribution >= 0.6 is 11.3 Å². The minimum Gasteiger partial charge on any atom is -0.309 e. The first kappa shape index (κ1) is 19.0. The molecule has 0 aliphatic rings. The van der Waals surface area contributed by atoms with E-state index in [1.54, 1.807) is 0 Å². The molecule has 0 N–H and O–H groups in total. The molecule has 0 saturated carbocycles. The van der Waals surface area contributed by atoms with Gasteiger partial charge in [0.05, 0.1) is 27.8 Å². The summed E-state index contributed by atoms with van der Waals surface area (Å²) >= 11 is 1.81. The summed E-state index contributed by atoms with van der Waals surface area (Å²) in [7, 11) is 0. The lowest BCUT2D eigenvalue weighted by atomic mass is 10.2. The first-order valence-corrected chi connectivity index (χ1v) is 12.7. The second-order valence-electron chi connectivity index (χ2n) is 9.04. The van der Waals surface area contributed by atoms with Gasteiger partial charge in [0.1, 0.15) is 0 Å². The highest BCUT2D eigenvalue weighted by Crippen LogP contribution is 2.39. The minimum absolute atomic E-state index is 1.19. The minimum atomic E-state index is 1.19. The number of aromatic nitrogens is 2. The van der Waals surface area contributed by atoms with Crippen LogP contribution < -0.4 is 0 Å². The Bertz CT molecular complexity index is 1960. The second kappa shape index (κ2) is 7.08. The van der Waals surface area contributed by atoms with Gasteiger partial charge in [-0.2, -0.15) is 0 Å². The molecule has 0 bridgehead atoms. The van der Waals surface area contributed by atoms with Gasteiger partial charge in [-0.25, -0.2) is 0 Å². The molecule has 0 fully saturated rings. The lowest BCUT2D eigenvalue weighted by molar-refractivity contribution is 1.18. The molecule has 0 aliphatic heterocycles. The summed E-state index contributed by atoms with van der Waals surface area (Å²) in [4.78, 5) is 0. The van der Waals surface area contributed by atoms with Crippen molar-refractivity contribution in [3.8, 4) is 11.4 Å². The van der Waals surface area contributed by atoms with Crippen molar-refractivity contribution >= 4 is 65.0 Å². The Labute approximate surface area is 205 Å². The lowest BCUT2D eigenvalue weighted by Crippen LogP contribution is -1.95. The predicted molar refractivity (Wildman–Crippen MR) is 151 cm³/mol. The van der Waals surface area contributed by atoms with Crippen LogP contribution in [0.5, 0.6) is 0 Å². The molecule has 35 heavy (non-hydrogen) atoms. The fraction of sp³-hybridized carbons (Fsp3) is 0. The number of para-hydroxylation sites is 4. The number of hydrogen-bond donors (Lipinski definition) is 0. The highest BCUT2D eigenvalue weighted by Gasteiger charge is 2.17. The summed E-state index contributed by atoms with van der Waals surface area (Å²) in [6.07, 6.45) is 0. The predicted octanol–water partition coefficient (Wildman–Crippen LogP) is 9.10. The molecular formula is C32H20N2S. The van der Waals surface area contributed by atoms with Gasteiger partial charge in [0.2, 0.25) is 0 Å². The molecule has 0 radical (unpaired) electrons. The van der Waals surface area contributed by atoms with E-state index in [1.165, 1.54) is 65.1 Å². The monoisotopic (exact) mass is 464 g/mol. The zero-order chi connectivity index (χ0) is 22.9. The number of benzene rings is 5. The summed E-state index contributed by atoms with van der Waals surface area (Å²) in [5, 5.41) is 8.74. The van der Waals surface area contributed by atoms with Gasteiger partial charge in [-0.15, -0.1) is 11.3 Å². The van der Waals surface area contributed by atoms with E-state index in [2.05, 4.69) is 130 Å². The first-order valence-electron chi connectivity index (χ1n) is 11.9. The molecule has 3 aromatic heterocycles. The lowest BCUT2D eigenvalue weighted by Gasteiger charge is -2.10. The van der Waals surface area contributed by atoms with Crippen molar-refractivity contribution in [2.24, 2.45) is 0 Å². The maximum atomic E-state index is 2.43. The van der Waals surface area contributed by atoms with Crippen molar-refractivity contribution < 1.29 is 0 Å². The molecular weight excluding hydrogens is 444 g/mol. The van der Waals surface area contributed by atoms with Crippen molar-refractivity contribution in [1.82, 2.24) is 9.13 Å². The van der Waals surface area contributed by atoms with E-state index in [0.29, 0.717) is 0 Å². The van der Waals surface area contributed by atoms with E-state index >= 15 is 0 Å². The Kier molecular flexibility index (Phi) is 3.85. The molecule has 0 spiro atoms. The van der Waals surface area contributed by atoms with Crippen LogP contribution in [-0.4, -0.2) is 9.13 Å². The number of rotatable bonds is 2. The Balaban J connectivity index is 1.46. The number of thiophene rings is 1. The summed E-state index contributed by atoms with van der Waals surface area (Å²) in [5.41, 5.74) is 7.40. The van der Waals surface area contributed by atoms with E-state index in [9.17, 15) is 0 Å².